The van der Waals surface area contributed by atoms with Gasteiger partial charge in [0.25, 0.3) is 0 Å². The van der Waals surface area contributed by atoms with Crippen molar-refractivity contribution in [3.8, 4) is 17.2 Å². The van der Waals surface area contributed by atoms with Crippen LogP contribution in [-0.2, 0) is 10.0 Å². The molecule has 11 heteroatoms. The lowest BCUT2D eigenvalue weighted by Gasteiger charge is -2.20. The lowest BCUT2D eigenvalue weighted by molar-refractivity contribution is -0.385. The molecule has 2 aromatic carbocycles. The Hall–Kier alpha value is -3.18. The molecule has 0 aliphatic heterocycles. The second-order valence-electron chi connectivity index (χ2n) is 5.94. The molecule has 30 heavy (non-hydrogen) atoms. The van der Waals surface area contributed by atoms with Crippen molar-refractivity contribution in [2.75, 3.05) is 27.3 Å². The molecule has 0 bridgehead atoms. The van der Waals surface area contributed by atoms with Crippen LogP contribution in [0.15, 0.2) is 41.3 Å². The van der Waals surface area contributed by atoms with Crippen molar-refractivity contribution in [3.63, 3.8) is 0 Å². The van der Waals surface area contributed by atoms with E-state index < -0.39 is 26.6 Å². The molecule has 0 amide bonds. The van der Waals surface area contributed by atoms with Gasteiger partial charge in [-0.2, -0.15) is 4.31 Å². The van der Waals surface area contributed by atoms with Gasteiger partial charge >= 0.3 is 11.7 Å². The van der Waals surface area contributed by atoms with E-state index in [1.165, 1.54) is 42.8 Å². The van der Waals surface area contributed by atoms with Crippen LogP contribution in [0, 0.1) is 10.1 Å². The molecule has 0 saturated heterocycles. The minimum atomic E-state index is -3.93. The minimum absolute atomic E-state index is 0.0638. The van der Waals surface area contributed by atoms with Gasteiger partial charge in [-0.25, -0.2) is 13.2 Å². The standard InChI is InChI=1S/C19H22N2O8S/c1-5-20(6-2)30(25,26)18-11-13(7-9-17(18)28-4)19(22)29-16-10-8-14(27-3)12-15(16)21(23)24/h7-12H,5-6H2,1-4H3. The number of nitro benzene ring substituents is 1. The van der Waals surface area contributed by atoms with E-state index in [2.05, 4.69) is 0 Å². The van der Waals surface area contributed by atoms with Crippen LogP contribution in [0.25, 0.3) is 0 Å². The largest absolute Gasteiger partial charge is 0.496 e. The number of methoxy groups -OCH3 is 2. The number of rotatable bonds is 9. The summed E-state index contributed by atoms with van der Waals surface area (Å²) >= 11 is 0. The highest BCUT2D eigenvalue weighted by Gasteiger charge is 2.28. The van der Waals surface area contributed by atoms with Gasteiger partial charge in [-0.3, -0.25) is 10.1 Å². The molecule has 0 unspecified atom stereocenters. The smallest absolute Gasteiger partial charge is 0.343 e. The van der Waals surface area contributed by atoms with E-state index in [0.717, 1.165) is 12.1 Å². The van der Waals surface area contributed by atoms with Crippen LogP contribution in [0.3, 0.4) is 0 Å². The van der Waals surface area contributed by atoms with Crippen LogP contribution < -0.4 is 14.2 Å². The van der Waals surface area contributed by atoms with E-state index >= 15 is 0 Å². The Labute approximate surface area is 174 Å². The Morgan fingerprint density at radius 1 is 1.03 bits per heavy atom. The van der Waals surface area contributed by atoms with Crippen molar-refractivity contribution in [1.82, 2.24) is 4.31 Å². The maximum atomic E-state index is 12.9. The third kappa shape index (κ3) is 4.69. The molecule has 0 aromatic heterocycles. The highest BCUT2D eigenvalue weighted by Crippen LogP contribution is 2.33. The van der Waals surface area contributed by atoms with Crippen LogP contribution in [0.1, 0.15) is 24.2 Å². The predicted octanol–water partition coefficient (Wildman–Crippen LogP) is 2.86. The minimum Gasteiger partial charge on any atom is -0.496 e. The first-order valence-electron chi connectivity index (χ1n) is 8.92. The van der Waals surface area contributed by atoms with Crippen molar-refractivity contribution in [2.45, 2.75) is 18.7 Å². The van der Waals surface area contributed by atoms with Gasteiger partial charge in [0.05, 0.1) is 30.8 Å². The van der Waals surface area contributed by atoms with E-state index in [1.54, 1.807) is 13.8 Å². The molecule has 162 valence electrons. The van der Waals surface area contributed by atoms with Crippen molar-refractivity contribution in [1.29, 1.82) is 0 Å². The Balaban J connectivity index is 2.46. The van der Waals surface area contributed by atoms with Gasteiger partial charge in [0.1, 0.15) is 16.4 Å². The maximum Gasteiger partial charge on any atom is 0.343 e. The summed E-state index contributed by atoms with van der Waals surface area (Å²) in [5.74, 6) is -0.968. The van der Waals surface area contributed by atoms with E-state index in [0.29, 0.717) is 0 Å². The monoisotopic (exact) mass is 438 g/mol. The Morgan fingerprint density at radius 3 is 2.20 bits per heavy atom. The van der Waals surface area contributed by atoms with Gasteiger partial charge in [-0.05, 0) is 30.3 Å². The van der Waals surface area contributed by atoms with E-state index in [1.807, 2.05) is 0 Å². The average molecular weight is 438 g/mol. The summed E-state index contributed by atoms with van der Waals surface area (Å²) in [6, 6.07) is 7.52. The molecule has 0 aliphatic carbocycles. The second kappa shape index (κ2) is 9.55. The van der Waals surface area contributed by atoms with Crippen molar-refractivity contribution >= 4 is 21.7 Å². The summed E-state index contributed by atoms with van der Waals surface area (Å²) in [6.45, 7) is 3.84. The zero-order chi connectivity index (χ0) is 22.5. The summed E-state index contributed by atoms with van der Waals surface area (Å²) in [5.41, 5.74) is -0.571. The summed E-state index contributed by atoms with van der Waals surface area (Å²) in [4.78, 5) is 23.0. The third-order valence-corrected chi connectivity index (χ3v) is 6.36. The quantitative estimate of drug-likeness (QED) is 0.253. The van der Waals surface area contributed by atoms with Crippen molar-refractivity contribution in [3.05, 3.63) is 52.1 Å². The number of sulfonamides is 1. The van der Waals surface area contributed by atoms with Crippen LogP contribution in [0.5, 0.6) is 17.2 Å². The first-order chi connectivity index (χ1) is 14.2. The van der Waals surface area contributed by atoms with Gasteiger partial charge < -0.3 is 14.2 Å². The first kappa shape index (κ1) is 23.1. The summed E-state index contributed by atoms with van der Waals surface area (Å²) < 4.78 is 42.3. The SMILES string of the molecule is CCN(CC)S(=O)(=O)c1cc(C(=O)Oc2ccc(OC)cc2[N+](=O)[O-])ccc1OC. The molecule has 0 fully saturated rings. The van der Waals surface area contributed by atoms with Crippen molar-refractivity contribution < 1.29 is 32.3 Å². The fourth-order valence-electron chi connectivity index (χ4n) is 2.72. The molecule has 2 rings (SSSR count). The highest BCUT2D eigenvalue weighted by molar-refractivity contribution is 7.89. The summed E-state index contributed by atoms with van der Waals surface area (Å²) in [7, 11) is -1.27. The topological polar surface area (TPSA) is 125 Å². The molecule has 0 aliphatic rings. The number of nitro groups is 1. The Morgan fingerprint density at radius 2 is 1.67 bits per heavy atom. The Bertz CT molecular complexity index is 1050. The number of hydrogen-bond acceptors (Lipinski definition) is 8. The van der Waals surface area contributed by atoms with Gasteiger partial charge in [0, 0.05) is 13.1 Å². The van der Waals surface area contributed by atoms with E-state index in [-0.39, 0.29) is 40.8 Å². The van der Waals surface area contributed by atoms with Gasteiger partial charge in [-0.15, -0.1) is 0 Å². The zero-order valence-electron chi connectivity index (χ0n) is 16.9. The molecule has 2 aromatic rings. The average Bonchev–Trinajstić information content (AvgIpc) is 2.73. The molecule has 0 radical (unpaired) electrons. The molecule has 0 N–H and O–H groups in total. The number of nitrogens with zero attached hydrogens (tertiary/aromatic N) is 2. The van der Waals surface area contributed by atoms with Crippen LogP contribution in [0.2, 0.25) is 0 Å². The van der Waals surface area contributed by atoms with Crippen LogP contribution in [0.4, 0.5) is 5.69 Å². The molecular formula is C19H22N2O8S. The molecule has 0 saturated carbocycles. The molecule has 0 spiro atoms. The lowest BCUT2D eigenvalue weighted by Crippen LogP contribution is -2.31. The van der Waals surface area contributed by atoms with Gasteiger partial charge in [0.15, 0.2) is 0 Å². The second-order valence-corrected chi connectivity index (χ2v) is 7.84. The molecular weight excluding hydrogens is 416 g/mol. The van der Waals surface area contributed by atoms with Gasteiger partial charge in [0.2, 0.25) is 15.8 Å². The number of carbonyl (C=O) groups is 1. The van der Waals surface area contributed by atoms with E-state index in [4.69, 9.17) is 14.2 Å². The summed E-state index contributed by atoms with van der Waals surface area (Å²) in [5, 5.41) is 11.3. The fourth-order valence-corrected chi connectivity index (χ4v) is 4.36. The molecule has 10 nitrogen and oxygen atoms in total. The van der Waals surface area contributed by atoms with Gasteiger partial charge in [-0.1, -0.05) is 13.8 Å². The number of hydrogen-bond donors (Lipinski definition) is 0. The number of esters is 1. The first-order valence-corrected chi connectivity index (χ1v) is 10.4. The predicted molar refractivity (Wildman–Crippen MR) is 108 cm³/mol. The normalized spacial score (nSPS) is 11.2. The molecule has 0 atom stereocenters. The van der Waals surface area contributed by atoms with Crippen LogP contribution in [-0.4, -0.2) is 50.9 Å². The molecule has 0 heterocycles. The fraction of sp³-hybridized carbons (Fsp3) is 0.316. The zero-order valence-corrected chi connectivity index (χ0v) is 17.8. The van der Waals surface area contributed by atoms with Crippen LogP contribution >= 0.6 is 0 Å². The lowest BCUT2D eigenvalue weighted by atomic mass is 10.2. The maximum absolute atomic E-state index is 12.9. The number of carbonyl (C=O) groups excluding carboxylic acids is 1. The Kier molecular flexibility index (Phi) is 7.35. The van der Waals surface area contributed by atoms with Crippen molar-refractivity contribution in [2.24, 2.45) is 0 Å². The van der Waals surface area contributed by atoms with E-state index in [9.17, 15) is 23.3 Å². The number of benzene rings is 2. The highest BCUT2D eigenvalue weighted by atomic mass is 32.2. The number of ether oxygens (including phenoxy) is 3. The summed E-state index contributed by atoms with van der Waals surface area (Å²) in [6.07, 6.45) is 0. The third-order valence-electron chi connectivity index (χ3n) is 4.29.